The van der Waals surface area contributed by atoms with Gasteiger partial charge < -0.3 is 0 Å². The van der Waals surface area contributed by atoms with Gasteiger partial charge in [-0.25, -0.2) is 8.42 Å². The van der Waals surface area contributed by atoms with Crippen molar-refractivity contribution in [1.29, 1.82) is 5.26 Å². The zero-order chi connectivity index (χ0) is 12.9. The molecule has 92 valence electrons. The summed E-state index contributed by atoms with van der Waals surface area (Å²) in [6.45, 7) is 3.85. The van der Waals surface area contributed by atoms with Crippen molar-refractivity contribution in [2.24, 2.45) is 0 Å². The number of benzene rings is 1. The SMILES string of the molecule is Cc1cccc(C)c1CS(=O)(=O)CCCC#N. The molecule has 1 rings (SSSR count). The normalized spacial score (nSPS) is 11.1. The number of hydrogen-bond acceptors (Lipinski definition) is 3. The van der Waals surface area contributed by atoms with Gasteiger partial charge in [-0.2, -0.15) is 5.26 Å². The summed E-state index contributed by atoms with van der Waals surface area (Å²) in [5.74, 6) is 0.172. The molecule has 0 bridgehead atoms. The molecular weight excluding hydrogens is 234 g/mol. The van der Waals surface area contributed by atoms with Crippen molar-refractivity contribution in [1.82, 2.24) is 0 Å². The van der Waals surface area contributed by atoms with Crippen molar-refractivity contribution >= 4 is 9.84 Å². The Morgan fingerprint density at radius 2 is 1.82 bits per heavy atom. The van der Waals surface area contributed by atoms with Crippen LogP contribution in [0.1, 0.15) is 29.5 Å². The van der Waals surface area contributed by atoms with Gasteiger partial charge in [0.1, 0.15) is 0 Å². The number of hydrogen-bond donors (Lipinski definition) is 0. The first-order valence-corrected chi connectivity index (χ1v) is 7.41. The maximum Gasteiger partial charge on any atom is 0.154 e. The van der Waals surface area contributed by atoms with Crippen LogP contribution in [0.5, 0.6) is 0 Å². The predicted octanol–water partition coefficient (Wildman–Crippen LogP) is 2.52. The van der Waals surface area contributed by atoms with Gasteiger partial charge in [-0.05, 0) is 37.0 Å². The lowest BCUT2D eigenvalue weighted by Gasteiger charge is -2.09. The first kappa shape index (κ1) is 13.7. The summed E-state index contributed by atoms with van der Waals surface area (Å²) in [4.78, 5) is 0. The van der Waals surface area contributed by atoms with Crippen LogP contribution in [0.25, 0.3) is 0 Å². The molecule has 0 heterocycles. The third-order valence-corrected chi connectivity index (χ3v) is 4.39. The molecule has 0 N–H and O–H groups in total. The largest absolute Gasteiger partial charge is 0.228 e. The second kappa shape index (κ2) is 5.83. The zero-order valence-corrected chi connectivity index (χ0v) is 11.0. The van der Waals surface area contributed by atoms with Crippen molar-refractivity contribution in [3.05, 3.63) is 34.9 Å². The second-order valence-electron chi connectivity index (χ2n) is 4.22. The van der Waals surface area contributed by atoms with Crippen LogP contribution < -0.4 is 0 Å². The summed E-state index contributed by atoms with van der Waals surface area (Å²) in [5, 5.41) is 8.40. The van der Waals surface area contributed by atoms with Gasteiger partial charge in [-0.15, -0.1) is 0 Å². The highest BCUT2D eigenvalue weighted by atomic mass is 32.2. The van der Waals surface area contributed by atoms with E-state index in [9.17, 15) is 8.42 Å². The molecule has 0 aliphatic carbocycles. The Kier molecular flexibility index (Phi) is 4.71. The van der Waals surface area contributed by atoms with Crippen LogP contribution >= 0.6 is 0 Å². The standard InChI is InChI=1S/C13H17NO2S/c1-11-6-5-7-12(2)13(11)10-17(15,16)9-4-3-8-14/h5-7H,3-4,9-10H2,1-2H3. The fraction of sp³-hybridized carbons (Fsp3) is 0.462. The summed E-state index contributed by atoms with van der Waals surface area (Å²) in [7, 11) is -3.10. The molecule has 17 heavy (non-hydrogen) atoms. The lowest BCUT2D eigenvalue weighted by atomic mass is 10.1. The Hall–Kier alpha value is -1.34. The number of nitrogens with zero attached hydrogens (tertiary/aromatic N) is 1. The van der Waals surface area contributed by atoms with Crippen LogP contribution in [0.2, 0.25) is 0 Å². The summed E-state index contributed by atoms with van der Waals surface area (Å²) in [5.41, 5.74) is 2.91. The van der Waals surface area contributed by atoms with Gasteiger partial charge in [0.15, 0.2) is 9.84 Å². The molecular formula is C13H17NO2S. The van der Waals surface area contributed by atoms with Crippen molar-refractivity contribution < 1.29 is 8.42 Å². The van der Waals surface area contributed by atoms with E-state index in [1.807, 2.05) is 38.1 Å². The monoisotopic (exact) mass is 251 g/mol. The summed E-state index contributed by atoms with van der Waals surface area (Å²) >= 11 is 0. The zero-order valence-electron chi connectivity index (χ0n) is 10.2. The maximum atomic E-state index is 11.9. The molecule has 0 aliphatic rings. The molecule has 0 fully saturated rings. The topological polar surface area (TPSA) is 57.9 Å². The Labute approximate surface area is 103 Å². The molecule has 0 aromatic heterocycles. The minimum Gasteiger partial charge on any atom is -0.228 e. The van der Waals surface area contributed by atoms with E-state index >= 15 is 0 Å². The minimum atomic E-state index is -3.10. The van der Waals surface area contributed by atoms with Crippen LogP contribution in [0, 0.1) is 25.2 Å². The van der Waals surface area contributed by atoms with Gasteiger partial charge in [0, 0.05) is 6.42 Å². The predicted molar refractivity (Wildman–Crippen MR) is 68.3 cm³/mol. The first-order valence-electron chi connectivity index (χ1n) is 5.59. The second-order valence-corrected chi connectivity index (χ2v) is 6.41. The Morgan fingerprint density at radius 3 is 2.35 bits per heavy atom. The number of sulfone groups is 1. The van der Waals surface area contributed by atoms with E-state index in [2.05, 4.69) is 0 Å². The minimum absolute atomic E-state index is 0.0803. The molecule has 0 atom stereocenters. The maximum absolute atomic E-state index is 11.9. The number of nitriles is 1. The van der Waals surface area contributed by atoms with Crippen molar-refractivity contribution in [2.45, 2.75) is 32.4 Å². The van der Waals surface area contributed by atoms with Crippen LogP contribution in [0.3, 0.4) is 0 Å². The number of unbranched alkanes of at least 4 members (excludes halogenated alkanes) is 1. The number of aryl methyl sites for hydroxylation is 2. The molecule has 4 heteroatoms. The van der Waals surface area contributed by atoms with E-state index in [1.165, 1.54) is 0 Å². The molecule has 0 saturated carbocycles. The fourth-order valence-corrected chi connectivity index (χ4v) is 3.36. The first-order chi connectivity index (χ1) is 7.96. The lowest BCUT2D eigenvalue weighted by Crippen LogP contribution is -2.11. The quantitative estimate of drug-likeness (QED) is 0.755. The molecule has 0 unspecified atom stereocenters. The molecule has 0 spiro atoms. The van der Waals surface area contributed by atoms with Gasteiger partial charge >= 0.3 is 0 Å². The molecule has 0 amide bonds. The Balaban J connectivity index is 2.81. The van der Waals surface area contributed by atoms with E-state index in [0.29, 0.717) is 12.8 Å². The third-order valence-electron chi connectivity index (χ3n) is 2.75. The average Bonchev–Trinajstić information content (AvgIpc) is 2.24. The van der Waals surface area contributed by atoms with Gasteiger partial charge in [-0.1, -0.05) is 18.2 Å². The highest BCUT2D eigenvalue weighted by Gasteiger charge is 2.14. The van der Waals surface area contributed by atoms with Crippen molar-refractivity contribution in [3.63, 3.8) is 0 Å². The van der Waals surface area contributed by atoms with Crippen LogP contribution in [-0.2, 0) is 15.6 Å². The van der Waals surface area contributed by atoms with Crippen LogP contribution in [-0.4, -0.2) is 14.2 Å². The fourth-order valence-electron chi connectivity index (χ4n) is 1.74. The van der Waals surface area contributed by atoms with Crippen LogP contribution in [0.15, 0.2) is 18.2 Å². The molecule has 1 aromatic carbocycles. The van der Waals surface area contributed by atoms with E-state index in [-0.39, 0.29) is 11.5 Å². The smallest absolute Gasteiger partial charge is 0.154 e. The van der Waals surface area contributed by atoms with Crippen molar-refractivity contribution in [3.8, 4) is 6.07 Å². The summed E-state index contributed by atoms with van der Waals surface area (Å²) in [6, 6.07) is 7.74. The van der Waals surface area contributed by atoms with Gasteiger partial charge in [0.2, 0.25) is 0 Å². The van der Waals surface area contributed by atoms with E-state index < -0.39 is 9.84 Å². The highest BCUT2D eigenvalue weighted by molar-refractivity contribution is 7.90. The summed E-state index contributed by atoms with van der Waals surface area (Å²) in [6.07, 6.45) is 0.718. The molecule has 0 saturated heterocycles. The van der Waals surface area contributed by atoms with Gasteiger partial charge in [-0.3, -0.25) is 0 Å². The van der Waals surface area contributed by atoms with E-state index in [1.54, 1.807) is 0 Å². The van der Waals surface area contributed by atoms with E-state index in [0.717, 1.165) is 16.7 Å². The Bertz CT molecular complexity index is 507. The molecule has 3 nitrogen and oxygen atoms in total. The lowest BCUT2D eigenvalue weighted by molar-refractivity contribution is 0.592. The molecule has 0 radical (unpaired) electrons. The van der Waals surface area contributed by atoms with E-state index in [4.69, 9.17) is 5.26 Å². The van der Waals surface area contributed by atoms with Crippen LogP contribution in [0.4, 0.5) is 0 Å². The molecule has 1 aromatic rings. The average molecular weight is 251 g/mol. The molecule has 0 aliphatic heterocycles. The Morgan fingerprint density at radius 1 is 1.24 bits per heavy atom. The van der Waals surface area contributed by atoms with Crippen molar-refractivity contribution in [2.75, 3.05) is 5.75 Å². The number of rotatable bonds is 5. The summed E-state index contributed by atoms with van der Waals surface area (Å²) < 4.78 is 23.7. The van der Waals surface area contributed by atoms with Gasteiger partial charge in [0.25, 0.3) is 0 Å². The van der Waals surface area contributed by atoms with Gasteiger partial charge in [0.05, 0.1) is 17.6 Å². The third kappa shape index (κ3) is 4.20. The highest BCUT2D eigenvalue weighted by Crippen LogP contribution is 2.17.